The molecule has 1 atom stereocenters. The van der Waals surface area contributed by atoms with Crippen molar-refractivity contribution in [1.82, 2.24) is 14.5 Å². The van der Waals surface area contributed by atoms with Gasteiger partial charge in [-0.2, -0.15) is 0 Å². The van der Waals surface area contributed by atoms with E-state index in [2.05, 4.69) is 0 Å². The minimum atomic E-state index is -0.370. The van der Waals surface area contributed by atoms with Crippen LogP contribution in [0.15, 0.2) is 59.4 Å². The van der Waals surface area contributed by atoms with Crippen LogP contribution in [0.1, 0.15) is 30.8 Å². The van der Waals surface area contributed by atoms with Crippen LogP contribution < -0.4 is 5.56 Å². The number of hydrogen-bond acceptors (Lipinski definition) is 5. The molecule has 2 aromatic carbocycles. The molecule has 164 valence electrons. The molecule has 0 aliphatic carbocycles. The van der Waals surface area contributed by atoms with E-state index in [4.69, 9.17) is 14.5 Å². The number of amides is 1. The van der Waals surface area contributed by atoms with E-state index < -0.39 is 0 Å². The minimum absolute atomic E-state index is 0.0589. The first kappa shape index (κ1) is 22.7. The van der Waals surface area contributed by atoms with Crippen LogP contribution >= 0.6 is 0 Å². The number of ether oxygens (including phenoxy) is 2. The van der Waals surface area contributed by atoms with Crippen LogP contribution in [-0.4, -0.2) is 47.2 Å². The van der Waals surface area contributed by atoms with E-state index in [1.165, 1.54) is 4.57 Å². The molecule has 3 aromatic rings. The summed E-state index contributed by atoms with van der Waals surface area (Å²) in [5, 5.41) is 0.560. The van der Waals surface area contributed by atoms with E-state index in [9.17, 15) is 9.59 Å². The zero-order chi connectivity index (χ0) is 22.2. The molecule has 0 radical (unpaired) electrons. The van der Waals surface area contributed by atoms with Crippen molar-refractivity contribution >= 4 is 16.8 Å². The molecule has 1 heterocycles. The Morgan fingerprint density at radius 2 is 1.84 bits per heavy atom. The van der Waals surface area contributed by atoms with Gasteiger partial charge in [0.1, 0.15) is 12.4 Å². The van der Waals surface area contributed by atoms with Gasteiger partial charge < -0.3 is 14.4 Å². The second-order valence-electron chi connectivity index (χ2n) is 7.33. The lowest BCUT2D eigenvalue weighted by molar-refractivity contribution is -0.140. The number of aromatic nitrogens is 2. The maximum absolute atomic E-state index is 13.1. The van der Waals surface area contributed by atoms with Gasteiger partial charge in [0.2, 0.25) is 5.91 Å². The zero-order valence-corrected chi connectivity index (χ0v) is 18.3. The number of carbonyl (C=O) groups is 1. The van der Waals surface area contributed by atoms with Crippen molar-refractivity contribution < 1.29 is 14.3 Å². The monoisotopic (exact) mass is 423 g/mol. The molecule has 0 N–H and O–H groups in total. The van der Waals surface area contributed by atoms with Crippen molar-refractivity contribution in [2.24, 2.45) is 7.05 Å². The van der Waals surface area contributed by atoms with Gasteiger partial charge in [-0.3, -0.25) is 14.2 Å². The number of methoxy groups -OCH3 is 1. The van der Waals surface area contributed by atoms with Crippen molar-refractivity contribution in [2.75, 3.05) is 26.9 Å². The highest BCUT2D eigenvalue weighted by atomic mass is 16.5. The van der Waals surface area contributed by atoms with Gasteiger partial charge in [0.15, 0.2) is 0 Å². The number of fused-ring (bicyclic) bond motifs is 1. The molecule has 31 heavy (non-hydrogen) atoms. The molecule has 0 saturated carbocycles. The lowest BCUT2D eigenvalue weighted by Gasteiger charge is -2.31. The summed E-state index contributed by atoms with van der Waals surface area (Å²) >= 11 is 0. The third-order valence-electron chi connectivity index (χ3n) is 5.27. The average Bonchev–Trinajstić information content (AvgIpc) is 2.80. The summed E-state index contributed by atoms with van der Waals surface area (Å²) in [5.74, 6) is 0.390. The van der Waals surface area contributed by atoms with Crippen LogP contribution in [0.4, 0.5) is 0 Å². The Balaban J connectivity index is 1.85. The van der Waals surface area contributed by atoms with E-state index in [0.29, 0.717) is 42.9 Å². The maximum Gasteiger partial charge on any atom is 0.261 e. The second kappa shape index (κ2) is 10.8. The lowest BCUT2D eigenvalue weighted by atomic mass is 10.1. The molecule has 0 bridgehead atoms. The predicted octanol–water partition coefficient (Wildman–Crippen LogP) is 3.08. The third-order valence-corrected chi connectivity index (χ3v) is 5.27. The van der Waals surface area contributed by atoms with Gasteiger partial charge in [-0.1, -0.05) is 49.4 Å². The first-order valence-electron chi connectivity index (χ1n) is 10.4. The molecule has 1 aromatic heterocycles. The molecule has 0 aliphatic rings. The molecule has 3 rings (SSSR count). The molecule has 0 aliphatic heterocycles. The highest BCUT2D eigenvalue weighted by Crippen LogP contribution is 2.23. The van der Waals surface area contributed by atoms with E-state index >= 15 is 0 Å². The number of nitrogens with zero attached hydrogens (tertiary/aromatic N) is 3. The maximum atomic E-state index is 13.1. The summed E-state index contributed by atoms with van der Waals surface area (Å²) in [4.78, 5) is 32.4. The van der Waals surface area contributed by atoms with E-state index in [1.54, 1.807) is 25.1 Å². The summed E-state index contributed by atoms with van der Waals surface area (Å²) < 4.78 is 12.4. The van der Waals surface area contributed by atoms with Crippen molar-refractivity contribution in [3.05, 3.63) is 76.3 Å². The first-order chi connectivity index (χ1) is 15.1. The summed E-state index contributed by atoms with van der Waals surface area (Å²) in [6, 6.07) is 16.6. The Morgan fingerprint density at radius 1 is 1.13 bits per heavy atom. The van der Waals surface area contributed by atoms with Crippen LogP contribution in [0.5, 0.6) is 0 Å². The Morgan fingerprint density at radius 3 is 2.55 bits per heavy atom. The molecule has 1 amide bonds. The SMILES string of the molecule is CCC(c1nc2ccccc2c(=O)n1C)N(CCOC)C(=O)COCc1ccccc1. The van der Waals surface area contributed by atoms with Crippen LogP contribution in [0.3, 0.4) is 0 Å². The van der Waals surface area contributed by atoms with Crippen molar-refractivity contribution in [3.8, 4) is 0 Å². The average molecular weight is 424 g/mol. The molecular weight excluding hydrogens is 394 g/mol. The molecular formula is C24H29N3O4. The summed E-state index contributed by atoms with van der Waals surface area (Å²) in [6.07, 6.45) is 0.604. The van der Waals surface area contributed by atoms with Crippen molar-refractivity contribution in [2.45, 2.75) is 26.0 Å². The van der Waals surface area contributed by atoms with Gasteiger partial charge in [-0.15, -0.1) is 0 Å². The summed E-state index contributed by atoms with van der Waals surface area (Å²) in [5.41, 5.74) is 1.50. The fourth-order valence-electron chi connectivity index (χ4n) is 3.63. The molecule has 0 saturated heterocycles. The number of rotatable bonds is 10. The van der Waals surface area contributed by atoms with E-state index in [-0.39, 0.29) is 24.1 Å². The highest BCUT2D eigenvalue weighted by molar-refractivity contribution is 5.79. The molecule has 1 unspecified atom stereocenters. The summed E-state index contributed by atoms with van der Waals surface area (Å²) in [7, 11) is 3.30. The van der Waals surface area contributed by atoms with Crippen molar-refractivity contribution in [3.63, 3.8) is 0 Å². The Bertz CT molecular complexity index is 1070. The topological polar surface area (TPSA) is 73.7 Å². The Hall–Kier alpha value is -3.03. The van der Waals surface area contributed by atoms with Gasteiger partial charge in [0.05, 0.1) is 30.2 Å². The molecule has 0 spiro atoms. The van der Waals surface area contributed by atoms with Crippen LogP contribution in [-0.2, 0) is 27.9 Å². The predicted molar refractivity (Wildman–Crippen MR) is 120 cm³/mol. The smallest absolute Gasteiger partial charge is 0.261 e. The van der Waals surface area contributed by atoms with Gasteiger partial charge in [-0.05, 0) is 24.1 Å². The summed E-state index contributed by atoms with van der Waals surface area (Å²) in [6.45, 7) is 3.03. The Kier molecular flexibility index (Phi) is 7.92. The van der Waals surface area contributed by atoms with Crippen LogP contribution in [0, 0.1) is 0 Å². The van der Waals surface area contributed by atoms with Crippen LogP contribution in [0.25, 0.3) is 10.9 Å². The molecule has 0 fully saturated rings. The largest absolute Gasteiger partial charge is 0.383 e. The second-order valence-corrected chi connectivity index (χ2v) is 7.33. The van der Waals surface area contributed by atoms with Crippen molar-refractivity contribution in [1.29, 1.82) is 0 Å². The normalized spacial score (nSPS) is 12.1. The van der Waals surface area contributed by atoms with Gasteiger partial charge in [0.25, 0.3) is 5.56 Å². The molecule has 7 heteroatoms. The van der Waals surface area contributed by atoms with E-state index in [1.807, 2.05) is 55.5 Å². The number of hydrogen-bond donors (Lipinski definition) is 0. The number of carbonyl (C=O) groups excluding carboxylic acids is 1. The third kappa shape index (κ3) is 5.37. The fraction of sp³-hybridized carbons (Fsp3) is 0.375. The highest BCUT2D eigenvalue weighted by Gasteiger charge is 2.27. The standard InChI is InChI=1S/C24H29N3O4/c1-4-21(23-25-20-13-9-8-12-19(20)24(29)26(23)2)27(14-15-30-3)22(28)17-31-16-18-10-6-5-7-11-18/h5-13,21H,4,14-17H2,1-3H3. The van der Waals surface area contributed by atoms with Gasteiger partial charge in [0, 0.05) is 20.7 Å². The molecule has 7 nitrogen and oxygen atoms in total. The van der Waals surface area contributed by atoms with Gasteiger partial charge in [-0.25, -0.2) is 4.98 Å². The zero-order valence-electron chi connectivity index (χ0n) is 18.3. The van der Waals surface area contributed by atoms with E-state index in [0.717, 1.165) is 5.56 Å². The quantitative estimate of drug-likeness (QED) is 0.501. The lowest BCUT2D eigenvalue weighted by Crippen LogP contribution is -2.41. The minimum Gasteiger partial charge on any atom is -0.383 e. The Labute approximate surface area is 182 Å². The fourth-order valence-corrected chi connectivity index (χ4v) is 3.63. The van der Waals surface area contributed by atoms with Crippen LogP contribution in [0.2, 0.25) is 0 Å². The number of para-hydroxylation sites is 1. The van der Waals surface area contributed by atoms with Gasteiger partial charge >= 0.3 is 0 Å². The number of benzene rings is 2. The first-order valence-corrected chi connectivity index (χ1v) is 10.4.